The van der Waals surface area contributed by atoms with E-state index in [1.807, 2.05) is 19.3 Å². The number of nitrogens with zero attached hydrogens (tertiary/aromatic N) is 3. The Morgan fingerprint density at radius 3 is 2.71 bits per heavy atom. The van der Waals surface area contributed by atoms with E-state index in [0.717, 1.165) is 29.2 Å². The first-order valence-corrected chi connectivity index (χ1v) is 6.57. The van der Waals surface area contributed by atoms with Gasteiger partial charge in [-0.3, -0.25) is 0 Å². The lowest BCUT2D eigenvalue weighted by Crippen LogP contribution is -2.23. The maximum absolute atomic E-state index is 4.50. The monoisotopic (exact) mass is 248 g/mol. The van der Waals surface area contributed by atoms with Gasteiger partial charge in [-0.15, -0.1) is 11.3 Å². The summed E-state index contributed by atoms with van der Waals surface area (Å²) in [6.07, 6.45) is 6.17. The fraction of sp³-hybridized carbons (Fsp3) is 0.417. The fourth-order valence-electron chi connectivity index (χ4n) is 1.72. The number of aromatic nitrogens is 3. The zero-order valence-corrected chi connectivity index (χ0v) is 10.9. The zero-order valence-electron chi connectivity index (χ0n) is 10.1. The molecule has 0 aromatic carbocycles. The maximum atomic E-state index is 4.50. The molecule has 0 bridgehead atoms. The molecule has 0 aliphatic carbocycles. The SMILES string of the molecule is CCNC(Cc1nc(C)cs1)c1cncnc1. The van der Waals surface area contributed by atoms with E-state index >= 15 is 0 Å². The lowest BCUT2D eigenvalue weighted by Gasteiger charge is -2.15. The quantitative estimate of drug-likeness (QED) is 0.880. The molecule has 2 heterocycles. The van der Waals surface area contributed by atoms with Gasteiger partial charge in [-0.1, -0.05) is 6.92 Å². The standard InChI is InChI=1S/C12H16N4S/c1-3-15-11(10-5-13-8-14-6-10)4-12-16-9(2)7-17-12/h5-8,11,15H,3-4H2,1-2H3. The van der Waals surface area contributed by atoms with Crippen LogP contribution in [0.25, 0.3) is 0 Å². The molecule has 0 spiro atoms. The van der Waals surface area contributed by atoms with Crippen LogP contribution in [0.4, 0.5) is 0 Å². The lowest BCUT2D eigenvalue weighted by molar-refractivity contribution is 0.545. The van der Waals surface area contributed by atoms with E-state index in [9.17, 15) is 0 Å². The first-order valence-electron chi connectivity index (χ1n) is 5.69. The maximum Gasteiger partial charge on any atom is 0.115 e. The van der Waals surface area contributed by atoms with Gasteiger partial charge in [0, 0.05) is 41.5 Å². The van der Waals surface area contributed by atoms with Gasteiger partial charge < -0.3 is 5.32 Å². The first-order chi connectivity index (χ1) is 8.29. The van der Waals surface area contributed by atoms with Crippen molar-refractivity contribution in [1.82, 2.24) is 20.3 Å². The Labute approximate surface area is 105 Å². The second-order valence-electron chi connectivity index (χ2n) is 3.87. The van der Waals surface area contributed by atoms with Gasteiger partial charge in [-0.2, -0.15) is 0 Å². The molecule has 1 atom stereocenters. The molecule has 1 unspecified atom stereocenters. The summed E-state index contributed by atoms with van der Waals surface area (Å²) in [6, 6.07) is 0.242. The van der Waals surface area contributed by atoms with Crippen molar-refractivity contribution < 1.29 is 0 Å². The van der Waals surface area contributed by atoms with Crippen molar-refractivity contribution in [1.29, 1.82) is 0 Å². The molecule has 17 heavy (non-hydrogen) atoms. The summed E-state index contributed by atoms with van der Waals surface area (Å²) < 4.78 is 0. The molecule has 0 saturated carbocycles. The second-order valence-corrected chi connectivity index (χ2v) is 4.81. The molecular formula is C12H16N4S. The van der Waals surface area contributed by atoms with Crippen LogP contribution in [0.5, 0.6) is 0 Å². The summed E-state index contributed by atoms with van der Waals surface area (Å²) in [7, 11) is 0. The van der Waals surface area contributed by atoms with Crippen LogP contribution in [0, 0.1) is 6.92 Å². The van der Waals surface area contributed by atoms with E-state index in [1.165, 1.54) is 0 Å². The summed E-state index contributed by atoms with van der Waals surface area (Å²) >= 11 is 1.71. The zero-order chi connectivity index (χ0) is 12.1. The molecule has 0 aliphatic rings. The third-order valence-electron chi connectivity index (χ3n) is 2.48. The molecule has 0 fully saturated rings. The van der Waals surface area contributed by atoms with E-state index in [1.54, 1.807) is 17.7 Å². The molecular weight excluding hydrogens is 232 g/mol. The molecule has 2 aromatic rings. The van der Waals surface area contributed by atoms with Gasteiger partial charge in [0.15, 0.2) is 0 Å². The van der Waals surface area contributed by atoms with Crippen molar-refractivity contribution in [2.24, 2.45) is 0 Å². The molecule has 1 N–H and O–H groups in total. The van der Waals surface area contributed by atoms with Gasteiger partial charge in [0.25, 0.3) is 0 Å². The summed E-state index contributed by atoms with van der Waals surface area (Å²) in [6.45, 7) is 5.04. The molecule has 2 rings (SSSR count). The number of likely N-dealkylation sites (N-methyl/N-ethyl adjacent to an activating group) is 1. The van der Waals surface area contributed by atoms with E-state index in [2.05, 4.69) is 32.6 Å². The van der Waals surface area contributed by atoms with Gasteiger partial charge in [0.05, 0.1) is 5.01 Å². The number of rotatable bonds is 5. The van der Waals surface area contributed by atoms with Crippen LogP contribution in [-0.2, 0) is 6.42 Å². The minimum absolute atomic E-state index is 0.242. The summed E-state index contributed by atoms with van der Waals surface area (Å²) in [4.78, 5) is 12.6. The summed E-state index contributed by atoms with van der Waals surface area (Å²) in [5.74, 6) is 0. The smallest absolute Gasteiger partial charge is 0.115 e. The van der Waals surface area contributed by atoms with Crippen LogP contribution in [0.15, 0.2) is 24.1 Å². The van der Waals surface area contributed by atoms with Crippen LogP contribution >= 0.6 is 11.3 Å². The Morgan fingerprint density at radius 1 is 1.35 bits per heavy atom. The molecule has 2 aromatic heterocycles. The molecule has 0 aliphatic heterocycles. The molecule has 5 heteroatoms. The topological polar surface area (TPSA) is 50.7 Å². The Bertz CT molecular complexity index is 455. The van der Waals surface area contributed by atoms with Crippen molar-refractivity contribution in [2.45, 2.75) is 26.3 Å². The van der Waals surface area contributed by atoms with Gasteiger partial charge in [-0.05, 0) is 13.5 Å². The lowest BCUT2D eigenvalue weighted by atomic mass is 10.1. The first kappa shape index (κ1) is 12.1. The fourth-order valence-corrected chi connectivity index (χ4v) is 2.53. The number of hydrogen-bond acceptors (Lipinski definition) is 5. The van der Waals surface area contributed by atoms with Crippen LogP contribution in [-0.4, -0.2) is 21.5 Å². The molecule has 0 saturated heterocycles. The second kappa shape index (κ2) is 5.84. The number of hydrogen-bond donors (Lipinski definition) is 1. The average Bonchev–Trinajstić information content (AvgIpc) is 2.75. The van der Waals surface area contributed by atoms with Crippen LogP contribution < -0.4 is 5.32 Å². The van der Waals surface area contributed by atoms with E-state index in [4.69, 9.17) is 0 Å². The highest BCUT2D eigenvalue weighted by molar-refractivity contribution is 7.09. The van der Waals surface area contributed by atoms with Crippen molar-refractivity contribution in [3.63, 3.8) is 0 Å². The molecule has 0 radical (unpaired) electrons. The van der Waals surface area contributed by atoms with Crippen LogP contribution in [0.2, 0.25) is 0 Å². The Hall–Kier alpha value is -1.33. The average molecular weight is 248 g/mol. The van der Waals surface area contributed by atoms with Gasteiger partial charge in [-0.25, -0.2) is 15.0 Å². The van der Waals surface area contributed by atoms with Gasteiger partial charge >= 0.3 is 0 Å². The van der Waals surface area contributed by atoms with E-state index < -0.39 is 0 Å². The minimum atomic E-state index is 0.242. The number of thiazole rings is 1. The van der Waals surface area contributed by atoms with Crippen LogP contribution in [0.3, 0.4) is 0 Å². The summed E-state index contributed by atoms with van der Waals surface area (Å²) in [5.41, 5.74) is 2.20. The normalized spacial score (nSPS) is 12.6. The third-order valence-corrected chi connectivity index (χ3v) is 3.47. The van der Waals surface area contributed by atoms with Crippen molar-refractivity contribution >= 4 is 11.3 Å². The number of aryl methyl sites for hydroxylation is 1. The Kier molecular flexibility index (Phi) is 4.17. The molecule has 4 nitrogen and oxygen atoms in total. The predicted molar refractivity (Wildman–Crippen MR) is 69.0 cm³/mol. The van der Waals surface area contributed by atoms with Crippen molar-refractivity contribution in [2.75, 3.05) is 6.54 Å². The minimum Gasteiger partial charge on any atom is -0.310 e. The molecule has 90 valence electrons. The van der Waals surface area contributed by atoms with Crippen molar-refractivity contribution in [3.8, 4) is 0 Å². The third kappa shape index (κ3) is 3.31. The van der Waals surface area contributed by atoms with Gasteiger partial charge in [0.2, 0.25) is 0 Å². The highest BCUT2D eigenvalue weighted by atomic mass is 32.1. The van der Waals surface area contributed by atoms with E-state index in [0.29, 0.717) is 0 Å². The van der Waals surface area contributed by atoms with Crippen molar-refractivity contribution in [3.05, 3.63) is 40.4 Å². The highest BCUT2D eigenvalue weighted by Crippen LogP contribution is 2.19. The van der Waals surface area contributed by atoms with Gasteiger partial charge in [0.1, 0.15) is 6.33 Å². The largest absolute Gasteiger partial charge is 0.310 e. The number of nitrogens with one attached hydrogen (secondary N) is 1. The Morgan fingerprint density at radius 2 is 2.12 bits per heavy atom. The highest BCUT2D eigenvalue weighted by Gasteiger charge is 2.13. The molecule has 0 amide bonds. The predicted octanol–water partition coefficient (Wildman–Crippen LogP) is 2.13. The summed E-state index contributed by atoms with van der Waals surface area (Å²) in [5, 5.41) is 6.68. The van der Waals surface area contributed by atoms with Crippen LogP contribution in [0.1, 0.15) is 29.2 Å². The van der Waals surface area contributed by atoms with E-state index in [-0.39, 0.29) is 6.04 Å². The Balaban J connectivity index is 2.13.